The summed E-state index contributed by atoms with van der Waals surface area (Å²) in [5.74, 6) is -0.258. The average Bonchev–Trinajstić information content (AvgIpc) is 2.43. The van der Waals surface area contributed by atoms with Gasteiger partial charge in [0, 0.05) is 18.6 Å². The van der Waals surface area contributed by atoms with Crippen LogP contribution in [0.4, 0.5) is 10.5 Å². The molecule has 0 atom stereocenters. The Morgan fingerprint density at radius 3 is 2.45 bits per heavy atom. The number of hydrogen-bond acceptors (Lipinski definition) is 7. The molecule has 0 saturated carbocycles. The van der Waals surface area contributed by atoms with Gasteiger partial charge in [-0.2, -0.15) is 0 Å². The van der Waals surface area contributed by atoms with Gasteiger partial charge in [0.1, 0.15) is 5.75 Å². The maximum atomic E-state index is 11.3. The number of non-ortho nitro benzene ring substituents is 1. The Morgan fingerprint density at radius 2 is 1.90 bits per heavy atom. The molecular weight excluding hydrogens is 270 g/mol. The van der Waals surface area contributed by atoms with Gasteiger partial charge in [0.15, 0.2) is 0 Å². The van der Waals surface area contributed by atoms with E-state index in [2.05, 4.69) is 4.74 Å². The third-order valence-corrected chi connectivity index (χ3v) is 2.22. The molecule has 0 bridgehead atoms. The summed E-state index contributed by atoms with van der Waals surface area (Å²) in [5.41, 5.74) is -0.108. The van der Waals surface area contributed by atoms with Crippen molar-refractivity contribution < 1.29 is 28.7 Å². The fourth-order valence-corrected chi connectivity index (χ4v) is 1.24. The minimum Gasteiger partial charge on any atom is -0.469 e. The fraction of sp³-hybridized carbons (Fsp3) is 0.333. The van der Waals surface area contributed by atoms with Gasteiger partial charge >= 0.3 is 12.1 Å². The lowest BCUT2D eigenvalue weighted by Gasteiger charge is -2.05. The van der Waals surface area contributed by atoms with Gasteiger partial charge in [0.25, 0.3) is 5.69 Å². The number of hydrogen-bond donors (Lipinski definition) is 0. The first kappa shape index (κ1) is 15.4. The molecule has 0 unspecified atom stereocenters. The molecular formula is C12H13NO7. The van der Waals surface area contributed by atoms with Gasteiger partial charge in [0.05, 0.1) is 18.6 Å². The topological polar surface area (TPSA) is 105 Å². The predicted molar refractivity (Wildman–Crippen MR) is 66.3 cm³/mol. The third-order valence-electron chi connectivity index (χ3n) is 2.22. The maximum Gasteiger partial charge on any atom is 0.513 e. The lowest BCUT2D eigenvalue weighted by molar-refractivity contribution is -0.384. The van der Waals surface area contributed by atoms with Crippen LogP contribution in [0.2, 0.25) is 0 Å². The number of nitrogens with zero attached hydrogens (tertiary/aromatic N) is 1. The zero-order valence-electron chi connectivity index (χ0n) is 10.7. The zero-order chi connectivity index (χ0) is 15.0. The highest BCUT2D eigenvalue weighted by Crippen LogP contribution is 2.17. The van der Waals surface area contributed by atoms with Crippen LogP contribution in [-0.4, -0.2) is 30.8 Å². The van der Waals surface area contributed by atoms with Gasteiger partial charge in [-0.05, 0) is 18.6 Å². The van der Waals surface area contributed by atoms with Crippen LogP contribution in [0.25, 0.3) is 0 Å². The molecule has 0 aliphatic heterocycles. The van der Waals surface area contributed by atoms with Crippen molar-refractivity contribution in [1.82, 2.24) is 0 Å². The van der Waals surface area contributed by atoms with Crippen molar-refractivity contribution in [1.29, 1.82) is 0 Å². The Bertz CT molecular complexity index is 483. The van der Waals surface area contributed by atoms with Gasteiger partial charge in [-0.15, -0.1) is 0 Å². The number of benzene rings is 1. The summed E-state index contributed by atoms with van der Waals surface area (Å²) in [6.07, 6.45) is -0.479. The van der Waals surface area contributed by atoms with Crippen LogP contribution in [-0.2, 0) is 14.3 Å². The Morgan fingerprint density at radius 1 is 1.25 bits per heavy atom. The summed E-state index contributed by atoms with van der Waals surface area (Å²) in [7, 11) is 1.27. The molecule has 1 aromatic carbocycles. The second kappa shape index (κ2) is 7.72. The van der Waals surface area contributed by atoms with Crippen molar-refractivity contribution in [2.75, 3.05) is 13.7 Å². The van der Waals surface area contributed by atoms with Gasteiger partial charge in [-0.1, -0.05) is 0 Å². The minimum absolute atomic E-state index is 0.0148. The number of esters is 1. The molecule has 0 aliphatic carbocycles. The molecule has 8 heteroatoms. The molecule has 8 nitrogen and oxygen atoms in total. The number of methoxy groups -OCH3 is 1. The van der Waals surface area contributed by atoms with Crippen molar-refractivity contribution in [2.24, 2.45) is 0 Å². The van der Waals surface area contributed by atoms with Gasteiger partial charge in [-0.3, -0.25) is 14.9 Å². The molecule has 0 fully saturated rings. The summed E-state index contributed by atoms with van der Waals surface area (Å²) in [5, 5.41) is 10.4. The summed E-state index contributed by atoms with van der Waals surface area (Å²) in [6.45, 7) is 0.0148. The summed E-state index contributed by atoms with van der Waals surface area (Å²) < 4.78 is 13.9. The first-order chi connectivity index (χ1) is 9.52. The Balaban J connectivity index is 2.31. The van der Waals surface area contributed by atoms with E-state index in [4.69, 9.17) is 9.47 Å². The van der Waals surface area contributed by atoms with Crippen LogP contribution in [0.15, 0.2) is 24.3 Å². The number of nitro benzene ring substituents is 1. The number of nitro groups is 1. The summed E-state index contributed by atoms with van der Waals surface area (Å²) in [4.78, 5) is 31.9. The van der Waals surface area contributed by atoms with Crippen LogP contribution in [0.5, 0.6) is 5.75 Å². The van der Waals surface area contributed by atoms with E-state index in [0.29, 0.717) is 6.42 Å². The van der Waals surface area contributed by atoms with E-state index in [0.717, 1.165) is 0 Å². The second-order valence-electron chi connectivity index (χ2n) is 3.63. The van der Waals surface area contributed by atoms with E-state index in [9.17, 15) is 19.7 Å². The minimum atomic E-state index is -0.941. The van der Waals surface area contributed by atoms with Crippen LogP contribution < -0.4 is 4.74 Å². The van der Waals surface area contributed by atoms with Crippen molar-refractivity contribution in [3.05, 3.63) is 34.4 Å². The molecule has 20 heavy (non-hydrogen) atoms. The van der Waals surface area contributed by atoms with Gasteiger partial charge < -0.3 is 14.2 Å². The highest BCUT2D eigenvalue weighted by Gasteiger charge is 2.09. The largest absolute Gasteiger partial charge is 0.513 e. The van der Waals surface area contributed by atoms with E-state index in [1.165, 1.54) is 31.4 Å². The van der Waals surface area contributed by atoms with Crippen LogP contribution in [0, 0.1) is 10.1 Å². The fourth-order valence-electron chi connectivity index (χ4n) is 1.24. The molecule has 0 amide bonds. The smallest absolute Gasteiger partial charge is 0.469 e. The Hall–Kier alpha value is -2.64. The van der Waals surface area contributed by atoms with Gasteiger partial charge in [-0.25, -0.2) is 4.79 Å². The molecule has 0 aliphatic rings. The quantitative estimate of drug-likeness (QED) is 0.258. The highest BCUT2D eigenvalue weighted by atomic mass is 16.7. The Labute approximate surface area is 114 Å². The van der Waals surface area contributed by atoms with E-state index < -0.39 is 17.0 Å². The van der Waals surface area contributed by atoms with Crippen molar-refractivity contribution in [3.63, 3.8) is 0 Å². The normalized spacial score (nSPS) is 9.65. The SMILES string of the molecule is COC(=O)CCCOC(=O)Oc1ccc([N+](=O)[O-])cc1. The molecule has 0 spiro atoms. The molecule has 0 radical (unpaired) electrons. The number of rotatable bonds is 6. The summed E-state index contributed by atoms with van der Waals surface area (Å²) >= 11 is 0. The Kier molecular flexibility index (Phi) is 5.95. The third kappa shape index (κ3) is 5.34. The molecule has 0 saturated heterocycles. The van der Waals surface area contributed by atoms with Crippen LogP contribution >= 0.6 is 0 Å². The standard InChI is InChI=1S/C12H13NO7/c1-18-11(14)3-2-8-19-12(15)20-10-6-4-9(5-7-10)13(16)17/h4-7H,2-3,8H2,1H3. The molecule has 0 N–H and O–H groups in total. The van der Waals surface area contributed by atoms with Crippen molar-refractivity contribution in [2.45, 2.75) is 12.8 Å². The number of ether oxygens (including phenoxy) is 3. The maximum absolute atomic E-state index is 11.3. The molecule has 0 heterocycles. The molecule has 0 aromatic heterocycles. The van der Waals surface area contributed by atoms with E-state index in [1.807, 2.05) is 0 Å². The van der Waals surface area contributed by atoms with Gasteiger partial charge in [0.2, 0.25) is 0 Å². The van der Waals surface area contributed by atoms with E-state index in [-0.39, 0.29) is 24.5 Å². The van der Waals surface area contributed by atoms with E-state index in [1.54, 1.807) is 0 Å². The lowest BCUT2D eigenvalue weighted by Crippen LogP contribution is -2.12. The van der Waals surface area contributed by atoms with Crippen molar-refractivity contribution in [3.8, 4) is 5.75 Å². The first-order valence-electron chi connectivity index (χ1n) is 5.69. The second-order valence-corrected chi connectivity index (χ2v) is 3.63. The predicted octanol–water partition coefficient (Wildman–Crippen LogP) is 2.06. The lowest BCUT2D eigenvalue weighted by atomic mass is 10.3. The number of carbonyl (C=O) groups excluding carboxylic acids is 2. The highest BCUT2D eigenvalue weighted by molar-refractivity contribution is 5.69. The molecule has 1 rings (SSSR count). The molecule has 1 aromatic rings. The first-order valence-corrected chi connectivity index (χ1v) is 5.69. The van der Waals surface area contributed by atoms with Crippen molar-refractivity contribution >= 4 is 17.8 Å². The van der Waals surface area contributed by atoms with Crippen LogP contribution in [0.3, 0.4) is 0 Å². The monoisotopic (exact) mass is 283 g/mol. The van der Waals surface area contributed by atoms with Crippen LogP contribution in [0.1, 0.15) is 12.8 Å². The zero-order valence-corrected chi connectivity index (χ0v) is 10.7. The van der Waals surface area contributed by atoms with E-state index >= 15 is 0 Å². The molecule has 108 valence electrons. The summed E-state index contributed by atoms with van der Waals surface area (Å²) in [6, 6.07) is 4.99. The number of carbonyl (C=O) groups is 2. The average molecular weight is 283 g/mol.